The van der Waals surface area contributed by atoms with Crippen molar-refractivity contribution in [1.82, 2.24) is 14.8 Å². The fourth-order valence-electron chi connectivity index (χ4n) is 2.29. The first-order chi connectivity index (χ1) is 9.56. The Morgan fingerprint density at radius 2 is 2.00 bits per heavy atom. The fourth-order valence-corrected chi connectivity index (χ4v) is 2.43. The van der Waals surface area contributed by atoms with Gasteiger partial charge < -0.3 is 5.73 Å². The van der Waals surface area contributed by atoms with Gasteiger partial charge in [-0.05, 0) is 26.0 Å². The molecule has 1 aromatic carbocycles. The minimum absolute atomic E-state index is 0.535. The Labute approximate surface area is 122 Å². The summed E-state index contributed by atoms with van der Waals surface area (Å²) in [7, 11) is 0. The van der Waals surface area contributed by atoms with Crippen LogP contribution in [0.5, 0.6) is 0 Å². The molecule has 20 heavy (non-hydrogen) atoms. The number of aromatic nitrogens is 3. The van der Waals surface area contributed by atoms with Crippen LogP contribution in [0, 0.1) is 13.8 Å². The van der Waals surface area contributed by atoms with E-state index in [1.807, 2.05) is 42.8 Å². The van der Waals surface area contributed by atoms with Crippen molar-refractivity contribution < 1.29 is 0 Å². The first kappa shape index (κ1) is 12.9. The lowest BCUT2D eigenvalue weighted by Crippen LogP contribution is -2.07. The van der Waals surface area contributed by atoms with Crippen molar-refractivity contribution in [1.29, 1.82) is 0 Å². The summed E-state index contributed by atoms with van der Waals surface area (Å²) in [6, 6.07) is 9.98. The molecule has 3 rings (SSSR count). The molecule has 0 aliphatic carbocycles. The average molecular weight is 287 g/mol. The molecule has 0 bridgehead atoms. The number of nitrogen functional groups attached to an aromatic ring is 1. The van der Waals surface area contributed by atoms with Crippen molar-refractivity contribution in [3.8, 4) is 0 Å². The van der Waals surface area contributed by atoms with E-state index in [4.69, 9.17) is 17.3 Å². The third-order valence-electron chi connectivity index (χ3n) is 3.45. The predicted octanol–water partition coefficient (Wildman–Crippen LogP) is 3.33. The number of nitrogens with zero attached hydrogens (tertiary/aromatic N) is 3. The molecule has 2 N–H and O–H groups in total. The lowest BCUT2D eigenvalue weighted by molar-refractivity contribution is 0.659. The van der Waals surface area contributed by atoms with Gasteiger partial charge in [0.15, 0.2) is 0 Å². The van der Waals surface area contributed by atoms with Crippen molar-refractivity contribution >= 4 is 28.3 Å². The fraction of sp³-hybridized carbons (Fsp3) is 0.200. The van der Waals surface area contributed by atoms with Gasteiger partial charge in [0.05, 0.1) is 28.5 Å². The summed E-state index contributed by atoms with van der Waals surface area (Å²) in [6.07, 6.45) is 0. The van der Waals surface area contributed by atoms with Crippen LogP contribution in [0.25, 0.3) is 10.9 Å². The topological polar surface area (TPSA) is 56.7 Å². The molecule has 0 saturated carbocycles. The summed E-state index contributed by atoms with van der Waals surface area (Å²) in [4.78, 5) is 4.43. The summed E-state index contributed by atoms with van der Waals surface area (Å²) in [5.74, 6) is 0.535. The first-order valence-electron chi connectivity index (χ1n) is 6.40. The highest BCUT2D eigenvalue weighted by Crippen LogP contribution is 2.23. The van der Waals surface area contributed by atoms with Gasteiger partial charge in [-0.25, -0.2) is 4.98 Å². The van der Waals surface area contributed by atoms with Crippen molar-refractivity contribution in [2.45, 2.75) is 20.4 Å². The van der Waals surface area contributed by atoms with E-state index in [9.17, 15) is 0 Å². The van der Waals surface area contributed by atoms with E-state index < -0.39 is 0 Å². The molecular weight excluding hydrogens is 272 g/mol. The zero-order chi connectivity index (χ0) is 14.3. The third kappa shape index (κ3) is 2.12. The Balaban J connectivity index is 2.06. The summed E-state index contributed by atoms with van der Waals surface area (Å²) in [5, 5.41) is 6.21. The maximum absolute atomic E-state index is 6.17. The summed E-state index contributed by atoms with van der Waals surface area (Å²) in [6.45, 7) is 4.42. The van der Waals surface area contributed by atoms with Crippen LogP contribution in [0.4, 0.5) is 5.82 Å². The molecule has 2 heterocycles. The molecular formula is C15H15ClN4. The monoisotopic (exact) mass is 286 g/mol. The number of rotatable bonds is 2. The number of halogens is 1. The van der Waals surface area contributed by atoms with Crippen LogP contribution < -0.4 is 5.73 Å². The number of fused-ring (bicyclic) bond motifs is 1. The lowest BCUT2D eigenvalue weighted by Gasteiger charge is -2.09. The average Bonchev–Trinajstić information content (AvgIpc) is 2.67. The molecule has 0 radical (unpaired) electrons. The number of nitrogens with two attached hydrogens (primary N) is 1. The molecule has 0 aliphatic rings. The van der Waals surface area contributed by atoms with Crippen LogP contribution in [0.3, 0.4) is 0 Å². The second-order valence-electron chi connectivity index (χ2n) is 4.87. The van der Waals surface area contributed by atoms with E-state index in [-0.39, 0.29) is 0 Å². The van der Waals surface area contributed by atoms with Crippen molar-refractivity contribution in [2.24, 2.45) is 0 Å². The minimum atomic E-state index is 0.535. The highest BCUT2D eigenvalue weighted by Gasteiger charge is 2.11. The highest BCUT2D eigenvalue weighted by molar-refractivity contribution is 6.31. The molecule has 0 aliphatic heterocycles. The lowest BCUT2D eigenvalue weighted by atomic mass is 10.1. The molecule has 3 aromatic rings. The van der Waals surface area contributed by atoms with Crippen molar-refractivity contribution in [3.63, 3.8) is 0 Å². The van der Waals surface area contributed by atoms with Gasteiger partial charge in [-0.15, -0.1) is 0 Å². The minimum Gasteiger partial charge on any atom is -0.383 e. The number of pyridine rings is 1. The number of para-hydroxylation sites is 1. The second kappa shape index (κ2) is 4.80. The van der Waals surface area contributed by atoms with Gasteiger partial charge in [-0.2, -0.15) is 5.10 Å². The third-order valence-corrected chi connectivity index (χ3v) is 4.00. The number of hydrogen-bond donors (Lipinski definition) is 1. The largest absolute Gasteiger partial charge is 0.383 e. The molecule has 2 aromatic heterocycles. The van der Waals surface area contributed by atoms with E-state index in [1.165, 1.54) is 0 Å². The van der Waals surface area contributed by atoms with Gasteiger partial charge in [0.1, 0.15) is 5.82 Å². The molecule has 0 saturated heterocycles. The Morgan fingerprint density at radius 1 is 1.25 bits per heavy atom. The van der Waals surface area contributed by atoms with E-state index in [0.29, 0.717) is 17.4 Å². The summed E-state index contributed by atoms with van der Waals surface area (Å²) in [5.41, 5.74) is 9.67. The summed E-state index contributed by atoms with van der Waals surface area (Å²) >= 11 is 6.17. The number of benzene rings is 1. The Hall–Kier alpha value is -2.07. The quantitative estimate of drug-likeness (QED) is 0.786. The molecule has 0 amide bonds. The maximum Gasteiger partial charge on any atom is 0.129 e. The Bertz CT molecular complexity index is 792. The molecule has 0 unspecified atom stereocenters. The molecule has 5 heteroatoms. The van der Waals surface area contributed by atoms with Gasteiger partial charge in [0.25, 0.3) is 0 Å². The number of anilines is 1. The SMILES string of the molecule is Cc1nn(Cc2cc3ccccc3nc2N)c(C)c1Cl. The van der Waals surface area contributed by atoms with Crippen molar-refractivity contribution in [2.75, 3.05) is 5.73 Å². The zero-order valence-electron chi connectivity index (χ0n) is 11.4. The smallest absolute Gasteiger partial charge is 0.129 e. The maximum atomic E-state index is 6.17. The molecule has 4 nitrogen and oxygen atoms in total. The van der Waals surface area contributed by atoms with Crippen LogP contribution >= 0.6 is 11.6 Å². The van der Waals surface area contributed by atoms with Crippen molar-refractivity contribution in [3.05, 3.63) is 52.3 Å². The van der Waals surface area contributed by atoms with E-state index in [2.05, 4.69) is 16.1 Å². The van der Waals surface area contributed by atoms with Gasteiger partial charge >= 0.3 is 0 Å². The standard InChI is InChI=1S/C15H15ClN4/c1-9-14(16)10(2)20(19-9)8-12-7-11-5-3-4-6-13(11)18-15(12)17/h3-7H,8H2,1-2H3,(H2,17,18). The van der Waals surface area contributed by atoms with Crippen LogP contribution in [-0.4, -0.2) is 14.8 Å². The molecule has 102 valence electrons. The van der Waals surface area contributed by atoms with Gasteiger partial charge in [-0.3, -0.25) is 4.68 Å². The Morgan fingerprint density at radius 3 is 2.70 bits per heavy atom. The molecule has 0 fully saturated rings. The molecule has 0 atom stereocenters. The zero-order valence-corrected chi connectivity index (χ0v) is 12.1. The number of aryl methyl sites for hydroxylation is 1. The number of hydrogen-bond acceptors (Lipinski definition) is 3. The van der Waals surface area contributed by atoms with E-state index in [1.54, 1.807) is 0 Å². The molecule has 0 spiro atoms. The van der Waals surface area contributed by atoms with Crippen LogP contribution in [0.2, 0.25) is 5.02 Å². The normalized spacial score (nSPS) is 11.2. The van der Waals surface area contributed by atoms with Crippen LogP contribution in [0.1, 0.15) is 17.0 Å². The Kier molecular flexibility index (Phi) is 3.10. The van der Waals surface area contributed by atoms with Crippen LogP contribution in [0.15, 0.2) is 30.3 Å². The second-order valence-corrected chi connectivity index (χ2v) is 5.25. The van der Waals surface area contributed by atoms with Gasteiger partial charge in [-0.1, -0.05) is 29.8 Å². The highest BCUT2D eigenvalue weighted by atomic mass is 35.5. The van der Waals surface area contributed by atoms with Gasteiger partial charge in [0.2, 0.25) is 0 Å². The van der Waals surface area contributed by atoms with E-state index >= 15 is 0 Å². The van der Waals surface area contributed by atoms with Gasteiger partial charge in [0, 0.05) is 10.9 Å². The predicted molar refractivity (Wildman–Crippen MR) is 82.0 cm³/mol. The van der Waals surface area contributed by atoms with E-state index in [0.717, 1.165) is 27.9 Å². The first-order valence-corrected chi connectivity index (χ1v) is 6.77. The van der Waals surface area contributed by atoms with Crippen LogP contribution in [-0.2, 0) is 6.54 Å². The summed E-state index contributed by atoms with van der Waals surface area (Å²) < 4.78 is 1.86.